The molecule has 0 saturated carbocycles. The largest absolute Gasteiger partial charge is 0.460 e. The minimum Gasteiger partial charge on any atom is -0.460 e. The van der Waals surface area contributed by atoms with E-state index in [2.05, 4.69) is 0 Å². The van der Waals surface area contributed by atoms with Gasteiger partial charge in [0.05, 0.1) is 12.0 Å². The van der Waals surface area contributed by atoms with Gasteiger partial charge < -0.3 is 19.2 Å². The van der Waals surface area contributed by atoms with E-state index in [1.807, 2.05) is 20.8 Å². The summed E-state index contributed by atoms with van der Waals surface area (Å²) in [6.45, 7) is 11.4. The van der Waals surface area contributed by atoms with Crippen LogP contribution in [0.4, 0.5) is 0 Å². The summed E-state index contributed by atoms with van der Waals surface area (Å²) in [5.74, 6) is -2.55. The van der Waals surface area contributed by atoms with E-state index >= 15 is 0 Å². The number of hydroxylamine groups is 2. The van der Waals surface area contributed by atoms with Crippen LogP contribution in [-0.2, 0) is 44.8 Å². The molecule has 1 aromatic carbocycles. The Balaban J connectivity index is 1.73. The van der Waals surface area contributed by atoms with E-state index in [9.17, 15) is 28.8 Å². The van der Waals surface area contributed by atoms with Crippen molar-refractivity contribution >= 4 is 35.6 Å². The zero-order valence-electron chi connectivity index (χ0n) is 31.3. The van der Waals surface area contributed by atoms with Gasteiger partial charge in [-0.3, -0.25) is 24.0 Å². The lowest BCUT2D eigenvalue weighted by atomic mass is 10.0. The van der Waals surface area contributed by atoms with Crippen LogP contribution in [0.1, 0.15) is 167 Å². The molecule has 280 valence electrons. The SMILES string of the molecule is CC(C)(C)OC(=O)CCCCCCCCCCCCCCC(=O)N(CCC(=O)OC(C)(C)C)Cc1cccc(C(=O)ON2C(=O)CCC2=O)c1. The molecular formula is C39H60N2O9. The fourth-order valence-electron chi connectivity index (χ4n) is 5.59. The predicted octanol–water partition coefficient (Wildman–Crippen LogP) is 7.77. The average Bonchev–Trinajstić information content (AvgIpc) is 3.33. The second kappa shape index (κ2) is 21.5. The lowest BCUT2D eigenvalue weighted by Gasteiger charge is -2.25. The van der Waals surface area contributed by atoms with E-state index in [1.54, 1.807) is 43.9 Å². The Bertz CT molecular complexity index is 1260. The first kappa shape index (κ1) is 42.4. The summed E-state index contributed by atoms with van der Waals surface area (Å²) in [6, 6.07) is 6.49. The van der Waals surface area contributed by atoms with Crippen LogP contribution < -0.4 is 0 Å². The maximum atomic E-state index is 13.3. The van der Waals surface area contributed by atoms with Crippen LogP contribution in [0, 0.1) is 0 Å². The fourth-order valence-corrected chi connectivity index (χ4v) is 5.59. The van der Waals surface area contributed by atoms with Gasteiger partial charge in [-0.2, -0.15) is 0 Å². The summed E-state index contributed by atoms with van der Waals surface area (Å²) in [6.07, 6.45) is 13.8. The standard InChI is InChI=1S/C39H60N2O9/c1-38(2,3)48-35(45)23-18-16-14-12-10-8-7-9-11-13-15-17-22-32(42)40(27-26-36(46)49-39(4,5)6)29-30-20-19-21-31(28-30)37(47)50-41-33(43)24-25-34(41)44/h19-21,28H,7-18,22-27,29H2,1-6H3. The van der Waals surface area contributed by atoms with E-state index in [0.717, 1.165) is 44.9 Å². The molecule has 0 N–H and O–H groups in total. The van der Waals surface area contributed by atoms with E-state index < -0.39 is 35.0 Å². The number of unbranched alkanes of at least 4 members (excludes halogenated alkanes) is 11. The number of esters is 2. The minimum atomic E-state index is -0.839. The maximum Gasteiger partial charge on any atom is 0.363 e. The Hall–Kier alpha value is -3.76. The molecule has 3 amide bonds. The van der Waals surface area contributed by atoms with Gasteiger partial charge in [0.1, 0.15) is 11.2 Å². The quantitative estimate of drug-likeness (QED) is 0.0675. The van der Waals surface area contributed by atoms with E-state index in [-0.39, 0.29) is 49.8 Å². The fraction of sp³-hybridized carbons (Fsp3) is 0.692. The van der Waals surface area contributed by atoms with Gasteiger partial charge in [-0.1, -0.05) is 76.3 Å². The molecule has 1 aromatic rings. The van der Waals surface area contributed by atoms with Gasteiger partial charge in [0.25, 0.3) is 11.8 Å². The van der Waals surface area contributed by atoms with E-state index in [1.165, 1.54) is 38.2 Å². The number of amides is 3. The highest BCUT2D eigenvalue weighted by Crippen LogP contribution is 2.18. The third-order valence-electron chi connectivity index (χ3n) is 8.02. The minimum absolute atomic E-state index is 0.00276. The molecule has 1 heterocycles. The Morgan fingerprint density at radius 2 is 1.12 bits per heavy atom. The van der Waals surface area contributed by atoms with Crippen LogP contribution in [0.25, 0.3) is 0 Å². The molecule has 2 rings (SSSR count). The number of imide groups is 1. The Kier molecular flexibility index (Phi) is 18.2. The molecule has 1 saturated heterocycles. The third kappa shape index (κ3) is 18.3. The van der Waals surface area contributed by atoms with Crippen LogP contribution in [0.2, 0.25) is 0 Å². The highest BCUT2D eigenvalue weighted by atomic mass is 16.7. The number of ether oxygens (including phenoxy) is 2. The van der Waals surface area contributed by atoms with Crippen molar-refractivity contribution in [1.82, 2.24) is 9.96 Å². The number of carbonyl (C=O) groups excluding carboxylic acids is 6. The number of hydrogen-bond acceptors (Lipinski definition) is 9. The van der Waals surface area contributed by atoms with Gasteiger partial charge in [0.2, 0.25) is 5.91 Å². The zero-order valence-corrected chi connectivity index (χ0v) is 31.3. The molecule has 1 fully saturated rings. The van der Waals surface area contributed by atoms with Crippen molar-refractivity contribution < 1.29 is 43.1 Å². The highest BCUT2D eigenvalue weighted by molar-refractivity contribution is 6.02. The average molecular weight is 701 g/mol. The summed E-state index contributed by atoms with van der Waals surface area (Å²) in [5, 5.41) is 0.506. The van der Waals surface area contributed by atoms with Gasteiger partial charge in [-0.15, -0.1) is 5.06 Å². The van der Waals surface area contributed by atoms with Crippen LogP contribution >= 0.6 is 0 Å². The third-order valence-corrected chi connectivity index (χ3v) is 8.02. The topological polar surface area (TPSA) is 137 Å². The molecule has 11 heteroatoms. The Morgan fingerprint density at radius 1 is 0.660 bits per heavy atom. The second-order valence-corrected chi connectivity index (χ2v) is 15.1. The zero-order chi connectivity index (χ0) is 37.2. The Labute approximate surface area is 298 Å². The molecule has 0 bridgehead atoms. The highest BCUT2D eigenvalue weighted by Gasteiger charge is 2.33. The smallest absolute Gasteiger partial charge is 0.363 e. The first-order chi connectivity index (χ1) is 23.5. The number of carbonyl (C=O) groups is 6. The van der Waals surface area contributed by atoms with E-state index in [4.69, 9.17) is 14.3 Å². The van der Waals surface area contributed by atoms with E-state index in [0.29, 0.717) is 23.5 Å². The first-order valence-corrected chi connectivity index (χ1v) is 18.4. The molecule has 1 aliphatic rings. The molecular weight excluding hydrogens is 640 g/mol. The molecule has 0 atom stereocenters. The number of hydrogen-bond donors (Lipinski definition) is 0. The summed E-state index contributed by atoms with van der Waals surface area (Å²) >= 11 is 0. The molecule has 50 heavy (non-hydrogen) atoms. The van der Waals surface area contributed by atoms with Crippen molar-refractivity contribution in [2.24, 2.45) is 0 Å². The Morgan fingerprint density at radius 3 is 1.62 bits per heavy atom. The number of nitrogens with zero attached hydrogens (tertiary/aromatic N) is 2. The lowest BCUT2D eigenvalue weighted by Crippen LogP contribution is -2.34. The van der Waals surface area contributed by atoms with Crippen LogP contribution in [0.5, 0.6) is 0 Å². The predicted molar refractivity (Wildman–Crippen MR) is 189 cm³/mol. The first-order valence-electron chi connectivity index (χ1n) is 18.4. The molecule has 0 aromatic heterocycles. The molecule has 1 aliphatic heterocycles. The maximum absolute atomic E-state index is 13.3. The molecule has 11 nitrogen and oxygen atoms in total. The monoisotopic (exact) mass is 700 g/mol. The van der Waals surface area contributed by atoms with Gasteiger partial charge in [-0.05, 0) is 72.1 Å². The molecule has 0 spiro atoms. The molecule has 0 radical (unpaired) electrons. The molecule has 0 unspecified atom stereocenters. The van der Waals surface area contributed by atoms with Crippen molar-refractivity contribution in [1.29, 1.82) is 0 Å². The van der Waals surface area contributed by atoms with Crippen LogP contribution in [-0.4, -0.2) is 63.3 Å². The number of benzene rings is 1. The van der Waals surface area contributed by atoms with Gasteiger partial charge in [0, 0.05) is 38.8 Å². The van der Waals surface area contributed by atoms with Gasteiger partial charge in [-0.25, -0.2) is 4.79 Å². The second-order valence-electron chi connectivity index (χ2n) is 15.1. The van der Waals surface area contributed by atoms with Crippen LogP contribution in [0.3, 0.4) is 0 Å². The summed E-state index contributed by atoms with van der Waals surface area (Å²) < 4.78 is 10.8. The van der Waals surface area contributed by atoms with Crippen molar-refractivity contribution in [2.45, 2.75) is 168 Å². The molecule has 0 aliphatic carbocycles. The number of rotatable bonds is 22. The van der Waals surface area contributed by atoms with Crippen molar-refractivity contribution in [3.8, 4) is 0 Å². The van der Waals surface area contributed by atoms with Gasteiger partial charge >= 0.3 is 17.9 Å². The normalized spacial score (nSPS) is 13.4. The summed E-state index contributed by atoms with van der Waals surface area (Å²) in [7, 11) is 0. The summed E-state index contributed by atoms with van der Waals surface area (Å²) in [5.41, 5.74) is -0.259. The van der Waals surface area contributed by atoms with Crippen molar-refractivity contribution in [3.05, 3.63) is 35.4 Å². The summed E-state index contributed by atoms with van der Waals surface area (Å²) in [4.78, 5) is 80.6. The van der Waals surface area contributed by atoms with Gasteiger partial charge in [0.15, 0.2) is 0 Å². The lowest BCUT2D eigenvalue weighted by molar-refractivity contribution is -0.172. The van der Waals surface area contributed by atoms with Crippen molar-refractivity contribution in [3.63, 3.8) is 0 Å². The van der Waals surface area contributed by atoms with Crippen molar-refractivity contribution in [2.75, 3.05) is 6.54 Å². The van der Waals surface area contributed by atoms with Crippen LogP contribution in [0.15, 0.2) is 24.3 Å².